The van der Waals surface area contributed by atoms with Crippen molar-refractivity contribution in [3.63, 3.8) is 0 Å². The van der Waals surface area contributed by atoms with Crippen LogP contribution in [0.25, 0.3) is 10.8 Å². The fourth-order valence-electron chi connectivity index (χ4n) is 4.23. The van der Waals surface area contributed by atoms with Gasteiger partial charge in [-0.05, 0) is 60.1 Å². The largest absolute Gasteiger partial charge is 0.329 e. The van der Waals surface area contributed by atoms with Crippen molar-refractivity contribution in [3.8, 4) is 0 Å². The van der Waals surface area contributed by atoms with Gasteiger partial charge < -0.3 is 10.6 Å². The highest BCUT2D eigenvalue weighted by Gasteiger charge is 2.15. The molecule has 3 aromatic carbocycles. The van der Waals surface area contributed by atoms with E-state index >= 15 is 0 Å². The van der Waals surface area contributed by atoms with Gasteiger partial charge in [-0.3, -0.25) is 9.36 Å². The molecule has 0 fully saturated rings. The molecule has 2 heterocycles. The van der Waals surface area contributed by atoms with Crippen LogP contribution >= 0.6 is 35.4 Å². The molecule has 5 rings (SSSR count). The molecule has 6 nitrogen and oxygen atoms in total. The van der Waals surface area contributed by atoms with Crippen molar-refractivity contribution in [2.24, 2.45) is 0 Å². The van der Waals surface area contributed by atoms with Gasteiger partial charge in [-0.1, -0.05) is 71.7 Å². The molecule has 5 aromatic rings. The van der Waals surface area contributed by atoms with Crippen LogP contribution in [0.1, 0.15) is 22.5 Å². The third-order valence-corrected chi connectivity index (χ3v) is 6.84. The summed E-state index contributed by atoms with van der Waals surface area (Å²) in [5.74, 6) is 0.670. The van der Waals surface area contributed by atoms with Gasteiger partial charge in [-0.25, -0.2) is 0 Å². The Labute approximate surface area is 224 Å². The number of fused-ring (bicyclic) bond motifs is 1. The molecular formula is C27H24Cl2N6S. The van der Waals surface area contributed by atoms with E-state index in [0.29, 0.717) is 34.1 Å². The number of hydrogen-bond acceptors (Lipinski definition) is 3. The van der Waals surface area contributed by atoms with Crippen LogP contribution in [0, 0.1) is 13.8 Å². The van der Waals surface area contributed by atoms with Crippen molar-refractivity contribution in [1.29, 1.82) is 0 Å². The number of halogens is 2. The molecule has 0 radical (unpaired) electrons. The minimum atomic E-state index is 0.445. The van der Waals surface area contributed by atoms with Gasteiger partial charge in [0.2, 0.25) is 0 Å². The van der Waals surface area contributed by atoms with Crippen molar-refractivity contribution in [2.75, 3.05) is 10.6 Å². The first-order chi connectivity index (χ1) is 17.4. The van der Waals surface area contributed by atoms with E-state index < -0.39 is 0 Å². The van der Waals surface area contributed by atoms with Crippen LogP contribution in [0.5, 0.6) is 0 Å². The van der Waals surface area contributed by atoms with E-state index in [1.807, 2.05) is 47.6 Å². The quantitative estimate of drug-likeness (QED) is 0.228. The number of hydrogen-bond donors (Lipinski definition) is 2. The Morgan fingerprint density at radius 1 is 0.889 bits per heavy atom. The molecule has 0 amide bonds. The number of thiocarbonyl (C=S) groups is 1. The van der Waals surface area contributed by atoms with E-state index in [2.05, 4.69) is 63.3 Å². The minimum absolute atomic E-state index is 0.445. The summed E-state index contributed by atoms with van der Waals surface area (Å²) in [5.41, 5.74) is 4.79. The molecule has 0 aliphatic rings. The number of rotatable bonds is 6. The number of nitrogens with one attached hydrogen (secondary N) is 2. The van der Waals surface area contributed by atoms with Crippen LogP contribution < -0.4 is 10.6 Å². The molecule has 182 valence electrons. The lowest BCUT2D eigenvalue weighted by atomic mass is 10.0. The Bertz CT molecular complexity index is 1570. The maximum absolute atomic E-state index is 6.35. The molecule has 0 atom stereocenters. The van der Waals surface area contributed by atoms with Crippen LogP contribution in [0.15, 0.2) is 72.9 Å². The zero-order valence-corrected chi connectivity index (χ0v) is 22.1. The molecule has 0 aliphatic heterocycles. The normalized spacial score (nSPS) is 11.1. The average Bonchev–Trinajstić information content (AvgIpc) is 3.40. The molecule has 0 bridgehead atoms. The van der Waals surface area contributed by atoms with Crippen LogP contribution in [0.3, 0.4) is 0 Å². The molecule has 0 saturated carbocycles. The highest BCUT2D eigenvalue weighted by molar-refractivity contribution is 7.80. The number of aromatic nitrogens is 4. The summed E-state index contributed by atoms with van der Waals surface area (Å²) in [6.45, 7) is 5.13. The van der Waals surface area contributed by atoms with Crippen LogP contribution in [-0.4, -0.2) is 24.7 Å². The van der Waals surface area contributed by atoms with Gasteiger partial charge in [0.1, 0.15) is 0 Å². The molecule has 0 unspecified atom stereocenters. The summed E-state index contributed by atoms with van der Waals surface area (Å²) in [7, 11) is 0. The number of anilines is 2. The maximum atomic E-state index is 6.35. The molecule has 9 heteroatoms. The second-order valence-electron chi connectivity index (χ2n) is 8.56. The highest BCUT2D eigenvalue weighted by atomic mass is 35.5. The molecule has 0 spiro atoms. The highest BCUT2D eigenvalue weighted by Crippen LogP contribution is 2.25. The second-order valence-corrected chi connectivity index (χ2v) is 9.81. The van der Waals surface area contributed by atoms with Gasteiger partial charge in [0.15, 0.2) is 10.9 Å². The van der Waals surface area contributed by atoms with Gasteiger partial charge in [0.05, 0.1) is 30.2 Å². The van der Waals surface area contributed by atoms with Gasteiger partial charge >= 0.3 is 0 Å². The van der Waals surface area contributed by atoms with Gasteiger partial charge in [0.25, 0.3) is 0 Å². The third kappa shape index (κ3) is 5.23. The molecule has 2 N–H and O–H groups in total. The Kier molecular flexibility index (Phi) is 6.96. The average molecular weight is 536 g/mol. The third-order valence-electron chi connectivity index (χ3n) is 6.05. The molecule has 0 saturated heterocycles. The summed E-state index contributed by atoms with van der Waals surface area (Å²) in [6.07, 6.45) is 1.94. The second kappa shape index (κ2) is 10.3. The molecule has 36 heavy (non-hydrogen) atoms. The predicted molar refractivity (Wildman–Crippen MR) is 152 cm³/mol. The Hall–Kier alpha value is -3.39. The predicted octanol–water partition coefficient (Wildman–Crippen LogP) is 7.06. The van der Waals surface area contributed by atoms with Crippen molar-refractivity contribution in [1.82, 2.24) is 19.6 Å². The summed E-state index contributed by atoms with van der Waals surface area (Å²) in [4.78, 5) is 0. The van der Waals surface area contributed by atoms with Gasteiger partial charge in [-0.2, -0.15) is 10.2 Å². The van der Waals surface area contributed by atoms with Crippen LogP contribution in [0.2, 0.25) is 10.0 Å². The Balaban J connectivity index is 1.26. The number of nitrogens with zero attached hydrogens (tertiary/aromatic N) is 4. The van der Waals surface area contributed by atoms with Crippen molar-refractivity contribution in [2.45, 2.75) is 26.9 Å². The Morgan fingerprint density at radius 2 is 1.69 bits per heavy atom. The van der Waals surface area contributed by atoms with E-state index in [0.717, 1.165) is 22.6 Å². The topological polar surface area (TPSA) is 59.7 Å². The van der Waals surface area contributed by atoms with Gasteiger partial charge in [-0.15, -0.1) is 0 Å². The first-order valence-corrected chi connectivity index (χ1v) is 12.6. The van der Waals surface area contributed by atoms with E-state index in [4.69, 9.17) is 35.4 Å². The Morgan fingerprint density at radius 3 is 2.53 bits per heavy atom. The number of benzene rings is 3. The maximum Gasteiger partial charge on any atom is 0.176 e. The molecule has 2 aromatic heterocycles. The van der Waals surface area contributed by atoms with Crippen molar-refractivity contribution < 1.29 is 0 Å². The van der Waals surface area contributed by atoms with E-state index in [1.54, 1.807) is 6.07 Å². The fourth-order valence-corrected chi connectivity index (χ4v) is 4.90. The zero-order valence-electron chi connectivity index (χ0n) is 19.8. The SMILES string of the molecule is Cc1nn(Cc2ccc(Cl)cc2Cl)c(C)c1NC(=S)Nc1ccn(Cc2cccc3ccccc23)n1. The van der Waals surface area contributed by atoms with Gasteiger partial charge in [0, 0.05) is 22.3 Å². The minimum Gasteiger partial charge on any atom is -0.329 e. The standard InChI is InChI=1S/C27H24Cl2N6S/c1-17-26(18(2)35(32-17)16-21-10-11-22(28)14-24(21)29)31-27(36)30-25-12-13-34(33-25)15-20-8-5-7-19-6-3-4-9-23(19)20/h3-14H,15-16H2,1-2H3,(H2,30,31,33,36). The summed E-state index contributed by atoms with van der Waals surface area (Å²) < 4.78 is 3.80. The van der Waals surface area contributed by atoms with Crippen molar-refractivity contribution >= 4 is 62.8 Å². The monoisotopic (exact) mass is 534 g/mol. The first-order valence-electron chi connectivity index (χ1n) is 11.4. The van der Waals surface area contributed by atoms with Crippen LogP contribution in [0.4, 0.5) is 11.5 Å². The lowest BCUT2D eigenvalue weighted by Gasteiger charge is -2.10. The fraction of sp³-hybridized carbons (Fsp3) is 0.148. The van der Waals surface area contributed by atoms with E-state index in [-0.39, 0.29) is 0 Å². The summed E-state index contributed by atoms with van der Waals surface area (Å²) in [6, 6.07) is 22.1. The van der Waals surface area contributed by atoms with Crippen LogP contribution in [-0.2, 0) is 13.1 Å². The zero-order chi connectivity index (χ0) is 25.2. The van der Waals surface area contributed by atoms with Crippen molar-refractivity contribution in [3.05, 3.63) is 105 Å². The summed E-state index contributed by atoms with van der Waals surface area (Å²) >= 11 is 17.9. The lowest BCUT2D eigenvalue weighted by Crippen LogP contribution is -2.20. The van der Waals surface area contributed by atoms with E-state index in [1.165, 1.54) is 16.3 Å². The van der Waals surface area contributed by atoms with E-state index in [9.17, 15) is 0 Å². The molecule has 0 aliphatic carbocycles. The summed E-state index contributed by atoms with van der Waals surface area (Å²) in [5, 5.41) is 19.9. The first kappa shape index (κ1) is 24.3. The number of aryl methyl sites for hydroxylation is 1. The lowest BCUT2D eigenvalue weighted by molar-refractivity contribution is 0.659. The smallest absolute Gasteiger partial charge is 0.176 e. The molecular weight excluding hydrogens is 511 g/mol.